The molecule has 3 aliphatic heterocycles. The summed E-state index contributed by atoms with van der Waals surface area (Å²) in [7, 11) is 0. The van der Waals surface area contributed by atoms with Gasteiger partial charge >= 0.3 is 18.5 Å². The zero-order chi connectivity index (χ0) is 74.2. The number of hydrogen-bond donors (Lipinski definition) is 0. The first kappa shape index (κ1) is 75.8. The van der Waals surface area contributed by atoms with Crippen molar-refractivity contribution in [3.8, 4) is 51.9 Å². The third-order valence-corrected chi connectivity index (χ3v) is 17.7. The maximum atomic E-state index is 14.7. The van der Waals surface area contributed by atoms with Crippen LogP contribution in [0, 0.1) is 25.5 Å². The van der Waals surface area contributed by atoms with E-state index in [0.29, 0.717) is 111 Å². The van der Waals surface area contributed by atoms with Gasteiger partial charge in [0.1, 0.15) is 50.6 Å². The summed E-state index contributed by atoms with van der Waals surface area (Å²) in [5.41, 5.74) is -0.158. The molecule has 0 N–H and O–H groups in total. The van der Waals surface area contributed by atoms with Gasteiger partial charge in [-0.1, -0.05) is 40.9 Å². The number of aryl methyl sites for hydroxylation is 2. The molecule has 0 unspecified atom stereocenters. The number of hydrogen-bond acceptors (Lipinski definition) is 17. The molecule has 6 atom stereocenters. The molecule has 3 amide bonds. The lowest BCUT2D eigenvalue weighted by Crippen LogP contribution is -2.51. The van der Waals surface area contributed by atoms with E-state index in [1.165, 1.54) is 17.0 Å². The van der Waals surface area contributed by atoms with Crippen LogP contribution in [0.3, 0.4) is 0 Å². The fourth-order valence-electron chi connectivity index (χ4n) is 11.6. The highest BCUT2D eigenvalue weighted by Gasteiger charge is 2.41. The molecule has 0 bridgehead atoms. The summed E-state index contributed by atoms with van der Waals surface area (Å²) in [5.74, 6) is -2.37. The van der Waals surface area contributed by atoms with Gasteiger partial charge in [0, 0.05) is 74.9 Å². The van der Waals surface area contributed by atoms with Crippen LogP contribution < -0.4 is 14.2 Å². The van der Waals surface area contributed by atoms with Crippen LogP contribution in [0.2, 0.25) is 15.1 Å². The quantitative estimate of drug-likeness (QED) is 0.103. The standard InChI is InChI=1S/C23H18ClF5N4O2.2C23H21ClF3N5O2/c1-12-18(35-21-16(24)8-13(9-32-21)23(27,28)29)6-3-7-33(12)22(34)15-4-2-5-17(26)19(15)20-30-10-14(25)11-31-20;1-13-6-7-16(20-28-8-4-9-29-20)19(31-13)22(33)32-10-3-5-18(14(32)2)34-21-17(24)11-15(12-30-21)23(25,26)27;1-13-9-16(19(30-11-13)20-28-6-4-7-29-20)22(33)32-8-3-5-18(14(32)2)34-21-17(24)10-15(12-31-21)23(25,26)27/h2,4-5,8-12,18H,3,6-7H2,1H3;4,6-9,11-12,14,18H,3,5,10H2,1-2H3;4,6-7,9-12,14,18H,3,5,8H2,1-2H3/t12-,18+;2*14-,18+/m000/s1. The van der Waals surface area contributed by atoms with Crippen molar-refractivity contribution in [2.75, 3.05) is 19.6 Å². The van der Waals surface area contributed by atoms with Gasteiger partial charge in [0.15, 0.2) is 23.3 Å². The summed E-state index contributed by atoms with van der Waals surface area (Å²) in [6.07, 6.45) is -0.234. The molecule has 540 valence electrons. The van der Waals surface area contributed by atoms with E-state index >= 15 is 0 Å². The molecular weight excluding hydrogens is 1440 g/mol. The van der Waals surface area contributed by atoms with Gasteiger partial charge in [-0.2, -0.15) is 39.5 Å². The minimum atomic E-state index is -4.60. The van der Waals surface area contributed by atoms with Crippen molar-refractivity contribution < 1.29 is 76.9 Å². The molecule has 12 rings (SSSR count). The molecule has 3 aliphatic rings. The van der Waals surface area contributed by atoms with Crippen LogP contribution in [0.15, 0.2) is 129 Å². The Morgan fingerprint density at radius 3 is 1.31 bits per heavy atom. The smallest absolute Gasteiger partial charge is 0.417 e. The lowest BCUT2D eigenvalue weighted by molar-refractivity contribution is -0.138. The average molecular weight is 1500 g/mol. The minimum absolute atomic E-state index is 0.0187. The predicted octanol–water partition coefficient (Wildman–Crippen LogP) is 15.5. The number of carbonyl (C=O) groups excluding carboxylic acids is 3. The van der Waals surface area contributed by atoms with E-state index in [2.05, 4.69) is 54.8 Å². The molecule has 103 heavy (non-hydrogen) atoms. The molecule has 8 aromatic heterocycles. The van der Waals surface area contributed by atoms with E-state index < -0.39 is 89.2 Å². The van der Waals surface area contributed by atoms with Crippen molar-refractivity contribution in [1.82, 2.24) is 69.5 Å². The first-order chi connectivity index (χ1) is 48.9. The number of piperidine rings is 3. The third kappa shape index (κ3) is 18.1. The summed E-state index contributed by atoms with van der Waals surface area (Å²) < 4.78 is 162. The summed E-state index contributed by atoms with van der Waals surface area (Å²) in [6.45, 7) is 10.2. The molecule has 20 nitrogen and oxygen atoms in total. The number of amides is 3. The zero-order valence-electron chi connectivity index (χ0n) is 55.0. The van der Waals surface area contributed by atoms with Crippen molar-refractivity contribution in [1.29, 1.82) is 0 Å². The molecule has 34 heteroatoms. The van der Waals surface area contributed by atoms with Gasteiger partial charge in [-0.15, -0.1) is 0 Å². The highest BCUT2D eigenvalue weighted by Crippen LogP contribution is 2.39. The molecule has 0 saturated carbocycles. The Bertz CT molecular complexity index is 4340. The Morgan fingerprint density at radius 1 is 0.466 bits per heavy atom. The van der Waals surface area contributed by atoms with Crippen molar-refractivity contribution >= 4 is 52.5 Å². The number of likely N-dealkylation sites (tertiary alicyclic amines) is 3. The molecule has 0 radical (unpaired) electrons. The Balaban J connectivity index is 0.000000166. The fourth-order valence-corrected chi connectivity index (χ4v) is 12.2. The van der Waals surface area contributed by atoms with Gasteiger partial charge in [-0.25, -0.2) is 58.6 Å². The first-order valence-corrected chi connectivity index (χ1v) is 32.9. The van der Waals surface area contributed by atoms with Crippen LogP contribution in [0.4, 0.5) is 48.3 Å². The molecule has 0 aliphatic carbocycles. The van der Waals surface area contributed by atoms with Gasteiger partial charge in [-0.3, -0.25) is 19.4 Å². The van der Waals surface area contributed by atoms with Gasteiger partial charge < -0.3 is 28.9 Å². The number of halogens is 14. The lowest BCUT2D eigenvalue weighted by atomic mass is 9.97. The van der Waals surface area contributed by atoms with E-state index in [1.54, 1.807) is 85.0 Å². The van der Waals surface area contributed by atoms with E-state index in [9.17, 15) is 62.7 Å². The van der Waals surface area contributed by atoms with Crippen molar-refractivity contribution in [3.05, 3.63) is 200 Å². The lowest BCUT2D eigenvalue weighted by Gasteiger charge is -2.39. The van der Waals surface area contributed by atoms with Gasteiger partial charge in [-0.05, 0) is 139 Å². The number of rotatable bonds is 12. The van der Waals surface area contributed by atoms with Crippen molar-refractivity contribution in [2.45, 2.75) is 128 Å². The Morgan fingerprint density at radius 2 is 0.883 bits per heavy atom. The number of alkyl halides is 9. The molecule has 1 aromatic carbocycles. The monoisotopic (exact) mass is 1490 g/mol. The number of nitrogens with zero attached hydrogens (tertiary/aromatic N) is 14. The van der Waals surface area contributed by atoms with Crippen LogP contribution >= 0.6 is 34.8 Å². The number of carbonyl (C=O) groups is 3. The van der Waals surface area contributed by atoms with E-state index in [0.717, 1.165) is 42.2 Å². The van der Waals surface area contributed by atoms with E-state index in [4.69, 9.17) is 49.0 Å². The minimum Gasteiger partial charge on any atom is -0.471 e. The van der Waals surface area contributed by atoms with Gasteiger partial charge in [0.25, 0.3) is 17.7 Å². The second kappa shape index (κ2) is 32.2. The van der Waals surface area contributed by atoms with Crippen LogP contribution in [-0.4, -0.2) is 143 Å². The predicted molar refractivity (Wildman–Crippen MR) is 353 cm³/mol. The van der Waals surface area contributed by atoms with Crippen molar-refractivity contribution in [2.24, 2.45) is 0 Å². The van der Waals surface area contributed by atoms with Crippen LogP contribution in [0.25, 0.3) is 34.3 Å². The molecular formula is C69H60Cl3F11N14O6. The summed E-state index contributed by atoms with van der Waals surface area (Å²) in [4.78, 5) is 90.0. The number of ether oxygens (including phenoxy) is 3. The molecule has 3 fully saturated rings. The maximum absolute atomic E-state index is 14.7. The van der Waals surface area contributed by atoms with E-state index in [-0.39, 0.29) is 67.2 Å². The number of aromatic nitrogens is 11. The Hall–Kier alpha value is -9.88. The first-order valence-electron chi connectivity index (χ1n) is 31.7. The highest BCUT2D eigenvalue weighted by molar-refractivity contribution is 6.32. The second-order valence-corrected chi connectivity index (χ2v) is 25.2. The Labute approximate surface area is 596 Å². The van der Waals surface area contributed by atoms with Gasteiger partial charge in [0.05, 0.1) is 69.5 Å². The maximum Gasteiger partial charge on any atom is 0.417 e. The normalized spacial score (nSPS) is 18.5. The number of benzene rings is 1. The number of pyridine rings is 5. The van der Waals surface area contributed by atoms with Crippen LogP contribution in [0.5, 0.6) is 17.6 Å². The largest absolute Gasteiger partial charge is 0.471 e. The van der Waals surface area contributed by atoms with E-state index in [1.807, 2.05) is 20.8 Å². The molecule has 3 saturated heterocycles. The SMILES string of the molecule is C[C@H]1[C@H](Oc2ncc(C(F)(F)F)cc2Cl)CCCN1C(=O)c1cccc(F)c1-c1ncc(F)cn1.Cc1ccc(-c2ncccn2)c(C(=O)N2CCC[C@@H](Oc3ncc(C(F)(F)F)cc3Cl)[C@@H]2C)n1.Cc1cnc(-c2ncccn2)c(C(=O)N2CCC[C@@H](Oc3ncc(C(F)(F)F)cc3Cl)[C@@H]2C)c1. The van der Waals surface area contributed by atoms with Crippen LogP contribution in [0.1, 0.15) is 118 Å². The average Bonchev–Trinajstić information content (AvgIpc) is 0.793. The Kier molecular flexibility index (Phi) is 23.7. The molecule has 11 heterocycles. The third-order valence-electron chi connectivity index (χ3n) is 16.9. The van der Waals surface area contributed by atoms with Gasteiger partial charge in [0.2, 0.25) is 17.6 Å². The summed E-state index contributed by atoms with van der Waals surface area (Å²) >= 11 is 18.0. The zero-order valence-corrected chi connectivity index (χ0v) is 57.2. The fraction of sp³-hybridized carbons (Fsp3) is 0.333. The topological polar surface area (TPSA) is 230 Å². The molecule has 0 spiro atoms. The van der Waals surface area contributed by atoms with Crippen LogP contribution in [-0.2, 0) is 18.5 Å². The highest BCUT2D eigenvalue weighted by atomic mass is 35.5. The summed E-state index contributed by atoms with van der Waals surface area (Å²) in [5, 5.41) is -0.789. The van der Waals surface area contributed by atoms with Crippen molar-refractivity contribution in [3.63, 3.8) is 0 Å². The summed E-state index contributed by atoms with van der Waals surface area (Å²) in [6, 6.07) is 13.5. The second-order valence-electron chi connectivity index (χ2n) is 23.9. The molecule has 9 aromatic rings.